The second-order valence-corrected chi connectivity index (χ2v) is 6.03. The molecule has 0 radical (unpaired) electrons. The van der Waals surface area contributed by atoms with Gasteiger partial charge in [0.25, 0.3) is 0 Å². The number of hydrogen-bond donors (Lipinski definition) is 1. The van der Waals surface area contributed by atoms with Crippen LogP contribution >= 0.6 is 0 Å². The molecule has 114 valence electrons. The smallest absolute Gasteiger partial charge is 0.303 e. The lowest BCUT2D eigenvalue weighted by molar-refractivity contribution is -0.138. The number of unbranched alkanes of at least 4 members (excludes halogenated alkanes) is 10. The first-order valence-corrected chi connectivity index (χ1v) is 8.38. The van der Waals surface area contributed by atoms with Gasteiger partial charge in [-0.2, -0.15) is 0 Å². The van der Waals surface area contributed by atoms with Crippen LogP contribution in [0.4, 0.5) is 0 Å². The minimum absolute atomic E-state index is 0.331. The topological polar surface area (TPSA) is 37.3 Å². The van der Waals surface area contributed by atoms with E-state index in [0.717, 1.165) is 6.42 Å². The van der Waals surface area contributed by atoms with E-state index >= 15 is 0 Å². The quantitative estimate of drug-likeness (QED) is 0.405. The molecule has 2 nitrogen and oxygen atoms in total. The molecule has 0 aliphatic rings. The molecule has 0 aromatic heterocycles. The molecule has 1 N–H and O–H groups in total. The average molecular weight is 270 g/mol. The molecule has 2 heteroatoms. The van der Waals surface area contributed by atoms with Crippen molar-refractivity contribution in [1.82, 2.24) is 0 Å². The Morgan fingerprint density at radius 2 is 1.26 bits per heavy atom. The monoisotopic (exact) mass is 270 g/mol. The number of carboxylic acids is 1. The van der Waals surface area contributed by atoms with E-state index in [-0.39, 0.29) is 0 Å². The number of carbonyl (C=O) groups is 1. The highest BCUT2D eigenvalue weighted by Gasteiger charge is 2.06. The van der Waals surface area contributed by atoms with Crippen LogP contribution < -0.4 is 0 Å². The second-order valence-electron chi connectivity index (χ2n) is 6.03. The molecular formula is C17H34O2. The summed E-state index contributed by atoms with van der Waals surface area (Å²) in [4.78, 5) is 10.5. The van der Waals surface area contributed by atoms with Crippen molar-refractivity contribution in [2.45, 2.75) is 97.3 Å². The van der Waals surface area contributed by atoms with Gasteiger partial charge in [-0.15, -0.1) is 0 Å². The molecule has 0 amide bonds. The van der Waals surface area contributed by atoms with E-state index in [1.165, 1.54) is 70.6 Å². The van der Waals surface area contributed by atoms with E-state index in [1.807, 2.05) is 6.92 Å². The molecule has 0 aromatic carbocycles. The van der Waals surface area contributed by atoms with Crippen LogP contribution in [0.15, 0.2) is 0 Å². The van der Waals surface area contributed by atoms with Crippen LogP contribution in [0.2, 0.25) is 0 Å². The lowest BCUT2D eigenvalue weighted by Crippen LogP contribution is -2.03. The van der Waals surface area contributed by atoms with Crippen molar-refractivity contribution in [3.63, 3.8) is 0 Å². The highest BCUT2D eigenvalue weighted by Crippen LogP contribution is 2.15. The Morgan fingerprint density at radius 1 is 0.842 bits per heavy atom. The van der Waals surface area contributed by atoms with Crippen LogP contribution in [0.5, 0.6) is 0 Å². The first-order chi connectivity index (χ1) is 9.16. The van der Waals surface area contributed by atoms with E-state index < -0.39 is 5.97 Å². The predicted octanol–water partition coefficient (Wildman–Crippen LogP) is 5.80. The Balaban J connectivity index is 3.08. The molecular weight excluding hydrogens is 236 g/mol. The van der Waals surface area contributed by atoms with E-state index in [1.54, 1.807) is 0 Å². The van der Waals surface area contributed by atoms with Gasteiger partial charge < -0.3 is 5.11 Å². The molecule has 1 atom stereocenters. The molecule has 0 aliphatic carbocycles. The Kier molecular flexibility index (Phi) is 13.5. The predicted molar refractivity (Wildman–Crippen MR) is 82.5 cm³/mol. The SMILES string of the molecule is CCCCCCCCCCCCCC(C)CC(=O)O. The molecule has 0 aromatic rings. The van der Waals surface area contributed by atoms with Crippen molar-refractivity contribution < 1.29 is 9.90 Å². The van der Waals surface area contributed by atoms with Crippen molar-refractivity contribution >= 4 is 5.97 Å². The average Bonchev–Trinajstić information content (AvgIpc) is 2.35. The van der Waals surface area contributed by atoms with Crippen molar-refractivity contribution in [3.8, 4) is 0 Å². The summed E-state index contributed by atoms with van der Waals surface area (Å²) in [5.41, 5.74) is 0. The normalized spacial score (nSPS) is 12.5. The van der Waals surface area contributed by atoms with Gasteiger partial charge in [-0.1, -0.05) is 90.9 Å². The van der Waals surface area contributed by atoms with Gasteiger partial charge in [0, 0.05) is 6.42 Å². The van der Waals surface area contributed by atoms with Gasteiger partial charge in [0.2, 0.25) is 0 Å². The van der Waals surface area contributed by atoms with Crippen molar-refractivity contribution in [1.29, 1.82) is 0 Å². The van der Waals surface area contributed by atoms with Crippen LogP contribution in [0.1, 0.15) is 97.3 Å². The number of aliphatic carboxylic acids is 1. The molecule has 0 heterocycles. The van der Waals surface area contributed by atoms with Crippen LogP contribution in [0.3, 0.4) is 0 Å². The van der Waals surface area contributed by atoms with Crippen LogP contribution in [-0.4, -0.2) is 11.1 Å². The second kappa shape index (κ2) is 13.9. The van der Waals surface area contributed by atoms with Gasteiger partial charge in [-0.25, -0.2) is 0 Å². The minimum Gasteiger partial charge on any atom is -0.481 e. The molecule has 0 saturated carbocycles. The first-order valence-electron chi connectivity index (χ1n) is 8.38. The van der Waals surface area contributed by atoms with E-state index in [4.69, 9.17) is 5.11 Å². The Morgan fingerprint density at radius 3 is 1.68 bits per heavy atom. The van der Waals surface area contributed by atoms with Gasteiger partial charge >= 0.3 is 5.97 Å². The highest BCUT2D eigenvalue weighted by atomic mass is 16.4. The number of carboxylic acid groups (broad SMARTS) is 1. The summed E-state index contributed by atoms with van der Waals surface area (Å²) in [7, 11) is 0. The molecule has 0 spiro atoms. The van der Waals surface area contributed by atoms with Gasteiger partial charge in [-0.05, 0) is 5.92 Å². The summed E-state index contributed by atoms with van der Waals surface area (Å²) in [6, 6.07) is 0. The molecule has 19 heavy (non-hydrogen) atoms. The van der Waals surface area contributed by atoms with Crippen molar-refractivity contribution in [2.24, 2.45) is 5.92 Å². The first kappa shape index (κ1) is 18.5. The van der Waals surface area contributed by atoms with Crippen LogP contribution in [-0.2, 0) is 4.79 Å². The Labute approximate surface area is 120 Å². The van der Waals surface area contributed by atoms with Crippen LogP contribution in [0, 0.1) is 5.92 Å². The third-order valence-corrected chi connectivity index (χ3v) is 3.82. The van der Waals surface area contributed by atoms with Gasteiger partial charge in [0.1, 0.15) is 0 Å². The Bertz CT molecular complexity index is 201. The summed E-state index contributed by atoms with van der Waals surface area (Å²) in [6.45, 7) is 4.31. The molecule has 0 rings (SSSR count). The van der Waals surface area contributed by atoms with Gasteiger partial charge in [-0.3, -0.25) is 4.79 Å². The zero-order valence-corrected chi connectivity index (χ0v) is 13.1. The molecule has 1 unspecified atom stereocenters. The van der Waals surface area contributed by atoms with E-state index in [0.29, 0.717) is 12.3 Å². The van der Waals surface area contributed by atoms with Gasteiger partial charge in [0.15, 0.2) is 0 Å². The molecule has 0 fully saturated rings. The third kappa shape index (κ3) is 15.4. The fourth-order valence-electron chi connectivity index (χ4n) is 2.56. The third-order valence-electron chi connectivity index (χ3n) is 3.82. The fraction of sp³-hybridized carbons (Fsp3) is 0.941. The minimum atomic E-state index is -0.657. The van der Waals surface area contributed by atoms with E-state index in [2.05, 4.69) is 6.92 Å². The lowest BCUT2D eigenvalue weighted by Gasteiger charge is -2.07. The van der Waals surface area contributed by atoms with Crippen molar-refractivity contribution in [3.05, 3.63) is 0 Å². The highest BCUT2D eigenvalue weighted by molar-refractivity contribution is 5.66. The zero-order valence-electron chi connectivity index (χ0n) is 13.1. The van der Waals surface area contributed by atoms with Crippen LogP contribution in [0.25, 0.3) is 0 Å². The maximum absolute atomic E-state index is 10.5. The largest absolute Gasteiger partial charge is 0.481 e. The van der Waals surface area contributed by atoms with Crippen molar-refractivity contribution in [2.75, 3.05) is 0 Å². The molecule has 0 aliphatic heterocycles. The summed E-state index contributed by atoms with van der Waals surface area (Å²) >= 11 is 0. The fourth-order valence-corrected chi connectivity index (χ4v) is 2.56. The summed E-state index contributed by atoms with van der Waals surface area (Å²) < 4.78 is 0. The number of rotatable bonds is 14. The van der Waals surface area contributed by atoms with Gasteiger partial charge in [0.05, 0.1) is 0 Å². The maximum Gasteiger partial charge on any atom is 0.303 e. The molecule has 0 bridgehead atoms. The van der Waals surface area contributed by atoms with E-state index in [9.17, 15) is 4.79 Å². The molecule has 0 saturated heterocycles. The lowest BCUT2D eigenvalue weighted by atomic mass is 9.99. The Hall–Kier alpha value is -0.530. The standard InChI is InChI=1S/C17H34O2/c1-3-4-5-6-7-8-9-10-11-12-13-14-16(2)15-17(18)19/h16H,3-15H2,1-2H3,(H,18,19). The number of hydrogen-bond acceptors (Lipinski definition) is 1. The zero-order chi connectivity index (χ0) is 14.3. The maximum atomic E-state index is 10.5. The summed E-state index contributed by atoms with van der Waals surface area (Å²) in [5.74, 6) is -0.313. The summed E-state index contributed by atoms with van der Waals surface area (Å²) in [5, 5.41) is 8.66. The summed E-state index contributed by atoms with van der Waals surface area (Å²) in [6.07, 6.45) is 16.3.